The molecule has 0 fully saturated rings. The molecule has 4 rings (SSSR count). The smallest absolute Gasteiger partial charge is 0.205 e. The van der Waals surface area contributed by atoms with Crippen molar-refractivity contribution in [3.8, 4) is 35.8 Å². The highest BCUT2D eigenvalue weighted by Gasteiger charge is 2.69. The molecule has 0 spiro atoms. The molecule has 0 bridgehead atoms. The Kier molecular flexibility index (Phi) is 4.24. The van der Waals surface area contributed by atoms with Crippen LogP contribution in [-0.4, -0.2) is 14.2 Å². The summed E-state index contributed by atoms with van der Waals surface area (Å²) in [6.45, 7) is 0. The molecule has 0 N–H and O–H groups in total. The van der Waals surface area contributed by atoms with Crippen LogP contribution in [0.3, 0.4) is 0 Å². The number of nitrogens with zero attached hydrogens (tertiary/aromatic N) is 4. The fraction of sp³-hybridized carbons (Fsp3) is 0.250. The molecule has 2 aromatic carbocycles. The van der Waals surface area contributed by atoms with Crippen LogP contribution in [0.15, 0.2) is 36.4 Å². The van der Waals surface area contributed by atoms with Crippen LogP contribution in [0.5, 0.6) is 11.5 Å². The van der Waals surface area contributed by atoms with E-state index in [4.69, 9.17) is 9.47 Å². The predicted octanol–water partition coefficient (Wildman–Crippen LogP) is 3.79. The molecular formula is C24H16N4O2. The molecule has 0 heterocycles. The van der Waals surface area contributed by atoms with Gasteiger partial charge in [0.25, 0.3) is 0 Å². The summed E-state index contributed by atoms with van der Waals surface area (Å²) in [5.41, 5.74) is 0.295. The lowest BCUT2D eigenvalue weighted by Crippen LogP contribution is -2.49. The largest absolute Gasteiger partial charge is 0.497 e. The van der Waals surface area contributed by atoms with Crippen molar-refractivity contribution in [2.45, 2.75) is 12.8 Å². The highest BCUT2D eigenvalue weighted by Crippen LogP contribution is 2.68. The lowest BCUT2D eigenvalue weighted by atomic mass is 9.45. The van der Waals surface area contributed by atoms with E-state index in [9.17, 15) is 21.0 Å². The monoisotopic (exact) mass is 392 g/mol. The molecule has 0 unspecified atom stereocenters. The molecule has 0 aliphatic heterocycles. The first kappa shape index (κ1) is 19.1. The first-order valence-corrected chi connectivity index (χ1v) is 9.30. The molecule has 6 nitrogen and oxygen atoms in total. The van der Waals surface area contributed by atoms with Crippen LogP contribution in [0, 0.1) is 56.2 Å². The molecule has 0 radical (unpaired) electrons. The van der Waals surface area contributed by atoms with Gasteiger partial charge in [0, 0.05) is 11.1 Å². The van der Waals surface area contributed by atoms with Gasteiger partial charge in [0.2, 0.25) is 10.8 Å². The summed E-state index contributed by atoms with van der Waals surface area (Å²) in [5.74, 6) is 1.32. The number of benzene rings is 2. The van der Waals surface area contributed by atoms with Crippen molar-refractivity contribution >= 4 is 11.1 Å². The SMILES string of the molecule is COc1ccc2c(c1)CCc1cc(OC)ccc1C1=C2C(C#N)(C#N)C1(C#N)C#N. The zero-order valence-electron chi connectivity index (χ0n) is 16.5. The standard InChI is InChI=1S/C24H16N4O2/c1-29-17-5-7-19-15(9-17)3-4-16-10-18(30-2)6-8-20(16)22-21(19)23(11-25,12-26)24(22,13-27)14-28/h5-10H,3-4H2,1-2H3. The van der Waals surface area contributed by atoms with Gasteiger partial charge < -0.3 is 9.47 Å². The minimum atomic E-state index is -1.89. The summed E-state index contributed by atoms with van der Waals surface area (Å²) >= 11 is 0. The van der Waals surface area contributed by atoms with Gasteiger partial charge in [-0.1, -0.05) is 12.1 Å². The summed E-state index contributed by atoms with van der Waals surface area (Å²) in [4.78, 5) is 0. The fourth-order valence-electron chi connectivity index (χ4n) is 4.53. The normalized spacial score (nSPS) is 17.0. The Balaban J connectivity index is 2.17. The van der Waals surface area contributed by atoms with Crippen molar-refractivity contribution in [1.29, 1.82) is 21.0 Å². The van der Waals surface area contributed by atoms with Crippen molar-refractivity contribution in [3.05, 3.63) is 58.7 Å². The Bertz CT molecular complexity index is 1150. The Morgan fingerprint density at radius 3 is 1.33 bits per heavy atom. The number of fused-ring (bicyclic) bond motifs is 4. The quantitative estimate of drug-likeness (QED) is 0.768. The fourth-order valence-corrected chi connectivity index (χ4v) is 4.53. The molecule has 2 aliphatic rings. The Morgan fingerprint density at radius 2 is 1.03 bits per heavy atom. The van der Waals surface area contributed by atoms with Crippen molar-refractivity contribution in [1.82, 2.24) is 0 Å². The summed E-state index contributed by atoms with van der Waals surface area (Å²) in [6, 6.07) is 18.9. The second-order valence-electron chi connectivity index (χ2n) is 7.24. The van der Waals surface area contributed by atoms with E-state index in [1.165, 1.54) is 0 Å². The van der Waals surface area contributed by atoms with E-state index in [1.807, 2.05) is 36.4 Å². The summed E-state index contributed by atoms with van der Waals surface area (Å²) < 4.78 is 10.7. The first-order chi connectivity index (χ1) is 14.5. The molecule has 0 saturated carbocycles. The van der Waals surface area contributed by atoms with Crippen LogP contribution < -0.4 is 9.47 Å². The highest BCUT2D eigenvalue weighted by molar-refractivity contribution is 6.11. The lowest BCUT2D eigenvalue weighted by Gasteiger charge is -2.47. The molecule has 2 aliphatic carbocycles. The number of hydrogen-bond acceptors (Lipinski definition) is 6. The van der Waals surface area contributed by atoms with Gasteiger partial charge >= 0.3 is 0 Å². The second kappa shape index (κ2) is 6.66. The maximum absolute atomic E-state index is 10.0. The molecule has 6 heteroatoms. The van der Waals surface area contributed by atoms with Gasteiger partial charge in [0.1, 0.15) is 11.5 Å². The topological polar surface area (TPSA) is 114 Å². The molecule has 0 aromatic heterocycles. The zero-order chi connectivity index (χ0) is 21.5. The number of nitriles is 4. The number of ether oxygens (including phenoxy) is 2. The van der Waals surface area contributed by atoms with E-state index in [0.717, 1.165) is 11.1 Å². The maximum Gasteiger partial charge on any atom is 0.205 e. The number of aryl methyl sites for hydroxylation is 2. The van der Waals surface area contributed by atoms with E-state index in [-0.39, 0.29) is 0 Å². The third-order valence-electron chi connectivity index (χ3n) is 6.06. The minimum Gasteiger partial charge on any atom is -0.497 e. The number of methoxy groups -OCH3 is 2. The highest BCUT2D eigenvalue weighted by atomic mass is 16.5. The maximum atomic E-state index is 10.0. The molecule has 2 aromatic rings. The van der Waals surface area contributed by atoms with Crippen molar-refractivity contribution in [3.63, 3.8) is 0 Å². The summed E-state index contributed by atoms with van der Waals surface area (Å²) in [5, 5.41) is 40.2. The van der Waals surface area contributed by atoms with Crippen molar-refractivity contribution < 1.29 is 9.47 Å². The molecule has 0 saturated heterocycles. The third-order valence-corrected chi connectivity index (χ3v) is 6.06. The van der Waals surface area contributed by atoms with Crippen LogP contribution in [0.1, 0.15) is 22.3 Å². The van der Waals surface area contributed by atoms with Gasteiger partial charge in [0.15, 0.2) is 0 Å². The minimum absolute atomic E-state index is 0.430. The number of allylic oxidation sites excluding steroid dienone is 2. The average Bonchev–Trinajstić information content (AvgIpc) is 2.78. The molecule has 0 amide bonds. The summed E-state index contributed by atoms with van der Waals surface area (Å²) in [6.07, 6.45) is 1.28. The Morgan fingerprint density at radius 1 is 0.667 bits per heavy atom. The van der Waals surface area contributed by atoms with Gasteiger partial charge in [-0.25, -0.2) is 0 Å². The number of hydrogen-bond donors (Lipinski definition) is 0. The van der Waals surface area contributed by atoms with Crippen LogP contribution in [0.25, 0.3) is 11.1 Å². The van der Waals surface area contributed by atoms with E-state index < -0.39 is 10.8 Å². The van der Waals surface area contributed by atoms with E-state index in [0.29, 0.717) is 46.6 Å². The predicted molar refractivity (Wildman–Crippen MR) is 108 cm³/mol. The zero-order valence-corrected chi connectivity index (χ0v) is 16.5. The molecular weight excluding hydrogens is 376 g/mol. The van der Waals surface area contributed by atoms with Gasteiger partial charge in [-0.05, 0) is 59.4 Å². The number of rotatable bonds is 2. The molecule has 0 atom stereocenters. The second-order valence-corrected chi connectivity index (χ2v) is 7.24. The van der Waals surface area contributed by atoms with Crippen molar-refractivity contribution in [2.75, 3.05) is 14.2 Å². The first-order valence-electron chi connectivity index (χ1n) is 9.30. The average molecular weight is 392 g/mol. The Hall–Kier alpha value is -4.26. The van der Waals surface area contributed by atoms with E-state index in [1.54, 1.807) is 38.5 Å². The molecule has 144 valence electrons. The van der Waals surface area contributed by atoms with Crippen molar-refractivity contribution in [2.24, 2.45) is 10.8 Å². The van der Waals surface area contributed by atoms with Gasteiger partial charge in [-0.2, -0.15) is 21.0 Å². The van der Waals surface area contributed by atoms with Crippen LogP contribution >= 0.6 is 0 Å². The van der Waals surface area contributed by atoms with Crippen LogP contribution in [0.2, 0.25) is 0 Å². The van der Waals surface area contributed by atoms with Gasteiger partial charge in [-0.15, -0.1) is 0 Å². The van der Waals surface area contributed by atoms with Gasteiger partial charge in [-0.3, -0.25) is 0 Å². The van der Waals surface area contributed by atoms with E-state index in [2.05, 4.69) is 0 Å². The third kappa shape index (κ3) is 2.14. The molecule has 30 heavy (non-hydrogen) atoms. The van der Waals surface area contributed by atoms with Crippen LogP contribution in [0.4, 0.5) is 0 Å². The van der Waals surface area contributed by atoms with E-state index >= 15 is 0 Å². The van der Waals surface area contributed by atoms with Gasteiger partial charge in [0.05, 0.1) is 38.5 Å². The van der Waals surface area contributed by atoms with Crippen LogP contribution in [-0.2, 0) is 12.8 Å². The Labute approximate surface area is 174 Å². The lowest BCUT2D eigenvalue weighted by molar-refractivity contribution is 0.412. The summed E-state index contributed by atoms with van der Waals surface area (Å²) in [7, 11) is 3.15.